The van der Waals surface area contributed by atoms with Gasteiger partial charge in [0.1, 0.15) is 30.2 Å². The van der Waals surface area contributed by atoms with Gasteiger partial charge in [0.05, 0.1) is 12.6 Å². The number of carboxylic acid groups (broad SMARTS) is 1. The first-order chi connectivity index (χ1) is 12.7. The Bertz CT molecular complexity index is 610. The molecule has 0 spiro atoms. The second-order valence-corrected chi connectivity index (χ2v) is 7.14. The fourth-order valence-electron chi connectivity index (χ4n) is 3.03. The van der Waals surface area contributed by atoms with Gasteiger partial charge in [-0.05, 0) is 19.1 Å². The summed E-state index contributed by atoms with van der Waals surface area (Å²) >= 11 is 0. The molecule has 1 saturated heterocycles. The monoisotopic (exact) mass is 384 g/mol. The molecule has 0 radical (unpaired) electrons. The molecule has 0 saturated carbocycles. The van der Waals surface area contributed by atoms with Crippen molar-refractivity contribution in [3.63, 3.8) is 0 Å². The highest BCUT2D eigenvalue weighted by molar-refractivity contribution is 5.67. The van der Waals surface area contributed by atoms with Crippen molar-refractivity contribution >= 4 is 5.97 Å². The Labute approximate surface area is 158 Å². The average molecular weight is 384 g/mol. The van der Waals surface area contributed by atoms with Crippen LogP contribution >= 0.6 is 0 Å². The summed E-state index contributed by atoms with van der Waals surface area (Å²) in [5.41, 5.74) is 0.854. The topological polar surface area (TPSA) is 141 Å². The van der Waals surface area contributed by atoms with Crippen molar-refractivity contribution in [1.82, 2.24) is 10.3 Å². The molecule has 1 aliphatic heterocycles. The number of carboxylic acids is 1. The molecule has 152 valence electrons. The largest absolute Gasteiger partial charge is 0.481 e. The molecule has 1 aromatic rings. The Balaban J connectivity index is 1.99. The quantitative estimate of drug-likeness (QED) is 0.407. The third-order valence-corrected chi connectivity index (χ3v) is 4.23. The van der Waals surface area contributed by atoms with Gasteiger partial charge in [-0.1, -0.05) is 13.8 Å². The van der Waals surface area contributed by atoms with E-state index in [4.69, 9.17) is 14.6 Å². The summed E-state index contributed by atoms with van der Waals surface area (Å²) < 4.78 is 10.8. The second-order valence-electron chi connectivity index (χ2n) is 7.14. The molecule has 2 heterocycles. The second kappa shape index (κ2) is 9.43. The molecular formula is C18H28N2O7. The van der Waals surface area contributed by atoms with Crippen LogP contribution in [0.4, 0.5) is 0 Å². The van der Waals surface area contributed by atoms with Gasteiger partial charge >= 0.3 is 5.97 Å². The van der Waals surface area contributed by atoms with Crippen molar-refractivity contribution in [2.45, 2.75) is 76.4 Å². The van der Waals surface area contributed by atoms with Crippen LogP contribution in [0.5, 0.6) is 5.75 Å². The first-order valence-corrected chi connectivity index (χ1v) is 8.96. The molecule has 5 N–H and O–H groups in total. The number of aromatic nitrogens is 1. The van der Waals surface area contributed by atoms with Crippen LogP contribution in [0.1, 0.15) is 32.9 Å². The molecule has 0 aliphatic carbocycles. The van der Waals surface area contributed by atoms with Gasteiger partial charge in [0.25, 0.3) is 0 Å². The number of rotatable bonds is 8. The number of hydrogen-bond acceptors (Lipinski definition) is 8. The lowest BCUT2D eigenvalue weighted by Gasteiger charge is -2.39. The molecule has 0 amide bonds. The zero-order valence-corrected chi connectivity index (χ0v) is 15.6. The SMILES string of the molecule is CC(C)NC(C)Cc1ccc(O[C@@H]2O[C@H](CC(=O)O)[C@@H](O)[C@H](O)[C@H]2O)cn1. The molecule has 9 heteroatoms. The Hall–Kier alpha value is -1.78. The molecule has 0 aromatic carbocycles. The predicted molar refractivity (Wildman–Crippen MR) is 95.2 cm³/mol. The van der Waals surface area contributed by atoms with Gasteiger partial charge in [0, 0.05) is 24.2 Å². The van der Waals surface area contributed by atoms with Gasteiger partial charge in [0.2, 0.25) is 6.29 Å². The van der Waals surface area contributed by atoms with Gasteiger partial charge in [-0.3, -0.25) is 9.78 Å². The molecule has 2 rings (SSSR count). The van der Waals surface area contributed by atoms with Crippen LogP contribution < -0.4 is 10.1 Å². The summed E-state index contributed by atoms with van der Waals surface area (Å²) in [5.74, 6) is -0.901. The van der Waals surface area contributed by atoms with Crippen LogP contribution in [0.3, 0.4) is 0 Å². The van der Waals surface area contributed by atoms with E-state index >= 15 is 0 Å². The van der Waals surface area contributed by atoms with E-state index in [9.17, 15) is 20.1 Å². The first kappa shape index (κ1) is 21.5. The summed E-state index contributed by atoms with van der Waals surface area (Å²) in [6.07, 6.45) is -5.47. The van der Waals surface area contributed by atoms with Gasteiger partial charge in [-0.15, -0.1) is 0 Å². The number of nitrogens with one attached hydrogen (secondary N) is 1. The summed E-state index contributed by atoms with van der Waals surface area (Å²) in [5, 5.41) is 42.1. The van der Waals surface area contributed by atoms with Crippen molar-refractivity contribution in [1.29, 1.82) is 0 Å². The van der Waals surface area contributed by atoms with E-state index in [1.807, 2.05) is 0 Å². The smallest absolute Gasteiger partial charge is 0.306 e. The number of pyridine rings is 1. The van der Waals surface area contributed by atoms with E-state index < -0.39 is 43.1 Å². The minimum atomic E-state index is -1.58. The highest BCUT2D eigenvalue weighted by atomic mass is 16.7. The van der Waals surface area contributed by atoms with Crippen LogP contribution in [0.15, 0.2) is 18.3 Å². The van der Waals surface area contributed by atoms with E-state index in [1.54, 1.807) is 12.1 Å². The molecule has 1 fully saturated rings. The zero-order valence-electron chi connectivity index (χ0n) is 15.6. The van der Waals surface area contributed by atoms with Crippen molar-refractivity contribution in [3.8, 4) is 5.75 Å². The van der Waals surface area contributed by atoms with Crippen LogP contribution in [-0.2, 0) is 16.0 Å². The number of aliphatic hydroxyl groups excluding tert-OH is 3. The maximum absolute atomic E-state index is 10.9. The van der Waals surface area contributed by atoms with E-state index in [-0.39, 0.29) is 6.04 Å². The fourth-order valence-corrected chi connectivity index (χ4v) is 3.03. The Morgan fingerprint density at radius 1 is 1.22 bits per heavy atom. The molecular weight excluding hydrogens is 356 g/mol. The standard InChI is InChI=1S/C18H28N2O7/c1-9(2)20-10(3)6-11-4-5-12(8-19-11)26-18-17(25)16(24)15(23)13(27-18)7-14(21)22/h4-5,8-10,13,15-18,20,23-25H,6-7H2,1-3H3,(H,21,22)/t10?,13-,15-,16+,17-,18-/m1/s1. The molecule has 27 heavy (non-hydrogen) atoms. The number of hydrogen-bond donors (Lipinski definition) is 5. The lowest BCUT2D eigenvalue weighted by molar-refractivity contribution is -0.273. The van der Waals surface area contributed by atoms with Gasteiger partial charge in [-0.25, -0.2) is 0 Å². The molecule has 1 aliphatic rings. The van der Waals surface area contributed by atoms with Crippen LogP contribution in [0.2, 0.25) is 0 Å². The summed E-state index contributed by atoms with van der Waals surface area (Å²) in [6, 6.07) is 4.06. The third kappa shape index (κ3) is 6.12. The predicted octanol–water partition coefficient (Wildman–Crippen LogP) is -0.328. The summed E-state index contributed by atoms with van der Waals surface area (Å²) in [6.45, 7) is 6.20. The van der Waals surface area contributed by atoms with E-state index in [0.29, 0.717) is 11.8 Å². The number of ether oxygens (including phenoxy) is 2. The van der Waals surface area contributed by atoms with E-state index in [0.717, 1.165) is 12.1 Å². The van der Waals surface area contributed by atoms with E-state index in [1.165, 1.54) is 6.20 Å². The zero-order chi connectivity index (χ0) is 20.1. The number of aliphatic carboxylic acids is 1. The van der Waals surface area contributed by atoms with Crippen LogP contribution in [0.25, 0.3) is 0 Å². The Kier molecular flexibility index (Phi) is 7.51. The lowest BCUT2D eigenvalue weighted by atomic mass is 9.97. The maximum atomic E-state index is 10.9. The highest BCUT2D eigenvalue weighted by Crippen LogP contribution is 2.25. The van der Waals surface area contributed by atoms with Crippen molar-refractivity contribution in [2.75, 3.05) is 0 Å². The minimum absolute atomic E-state index is 0.251. The van der Waals surface area contributed by atoms with Gasteiger partial charge < -0.3 is 35.2 Å². The van der Waals surface area contributed by atoms with Crippen molar-refractivity contribution in [3.05, 3.63) is 24.0 Å². The Morgan fingerprint density at radius 2 is 1.93 bits per heavy atom. The van der Waals surface area contributed by atoms with Gasteiger partial charge in [0.15, 0.2) is 0 Å². The highest BCUT2D eigenvalue weighted by Gasteiger charge is 2.45. The van der Waals surface area contributed by atoms with Crippen molar-refractivity contribution < 1.29 is 34.7 Å². The molecule has 6 atom stereocenters. The maximum Gasteiger partial charge on any atom is 0.306 e. The normalized spacial score (nSPS) is 29.5. The van der Waals surface area contributed by atoms with E-state index in [2.05, 4.69) is 31.1 Å². The lowest BCUT2D eigenvalue weighted by Crippen LogP contribution is -2.59. The average Bonchev–Trinajstić information content (AvgIpc) is 2.57. The molecule has 0 bridgehead atoms. The molecule has 1 unspecified atom stereocenters. The van der Waals surface area contributed by atoms with Crippen LogP contribution in [-0.4, -0.2) is 74.2 Å². The number of nitrogens with zero attached hydrogens (tertiary/aromatic N) is 1. The summed E-state index contributed by atoms with van der Waals surface area (Å²) in [4.78, 5) is 15.2. The van der Waals surface area contributed by atoms with Gasteiger partial charge in [-0.2, -0.15) is 0 Å². The first-order valence-electron chi connectivity index (χ1n) is 8.96. The molecule has 9 nitrogen and oxygen atoms in total. The fraction of sp³-hybridized carbons (Fsp3) is 0.667. The van der Waals surface area contributed by atoms with Crippen LogP contribution in [0, 0.1) is 0 Å². The minimum Gasteiger partial charge on any atom is -0.481 e. The molecule has 1 aromatic heterocycles. The Morgan fingerprint density at radius 3 is 2.48 bits per heavy atom. The number of aliphatic hydroxyl groups is 3. The van der Waals surface area contributed by atoms with Crippen molar-refractivity contribution in [2.24, 2.45) is 0 Å². The summed E-state index contributed by atoms with van der Waals surface area (Å²) in [7, 11) is 0. The third-order valence-electron chi connectivity index (χ3n) is 4.23. The number of carbonyl (C=O) groups is 1.